The van der Waals surface area contributed by atoms with Gasteiger partial charge in [0, 0.05) is 12.0 Å². The molecule has 0 aromatic heterocycles. The van der Waals surface area contributed by atoms with Gasteiger partial charge >= 0.3 is 5.69 Å². The van der Waals surface area contributed by atoms with Crippen LogP contribution in [0.3, 0.4) is 0 Å². The standard InChI is InChI=1S/C16H17FN2O2/c1-16(2,12-7-4-3-5-8-12)11-18-14-10-6-9-13(17)15(14)19(20)21/h3-10,18H,11H2,1-2H3. The highest BCUT2D eigenvalue weighted by molar-refractivity contribution is 5.62. The summed E-state index contributed by atoms with van der Waals surface area (Å²) in [7, 11) is 0. The van der Waals surface area contributed by atoms with E-state index in [0.29, 0.717) is 6.54 Å². The molecule has 0 saturated heterocycles. The van der Waals surface area contributed by atoms with Crippen LogP contribution >= 0.6 is 0 Å². The molecule has 0 radical (unpaired) electrons. The molecule has 0 bridgehead atoms. The van der Waals surface area contributed by atoms with E-state index < -0.39 is 16.4 Å². The lowest BCUT2D eigenvalue weighted by molar-refractivity contribution is -0.386. The van der Waals surface area contributed by atoms with E-state index in [1.165, 1.54) is 12.1 Å². The molecule has 1 N–H and O–H groups in total. The van der Waals surface area contributed by atoms with E-state index in [1.807, 2.05) is 44.2 Å². The molecule has 4 nitrogen and oxygen atoms in total. The van der Waals surface area contributed by atoms with Crippen LogP contribution in [0.25, 0.3) is 0 Å². The molecule has 21 heavy (non-hydrogen) atoms. The Morgan fingerprint density at radius 3 is 2.43 bits per heavy atom. The third kappa shape index (κ3) is 3.37. The van der Waals surface area contributed by atoms with Crippen LogP contribution in [0, 0.1) is 15.9 Å². The summed E-state index contributed by atoms with van der Waals surface area (Å²) >= 11 is 0. The lowest BCUT2D eigenvalue weighted by Crippen LogP contribution is -2.27. The molecule has 5 heteroatoms. The lowest BCUT2D eigenvalue weighted by atomic mass is 9.84. The Balaban J connectivity index is 2.21. The van der Waals surface area contributed by atoms with Gasteiger partial charge in [-0.05, 0) is 17.7 Å². The van der Waals surface area contributed by atoms with Crippen molar-refractivity contribution in [3.63, 3.8) is 0 Å². The Labute approximate surface area is 122 Å². The van der Waals surface area contributed by atoms with Crippen LogP contribution in [0.5, 0.6) is 0 Å². The molecule has 0 aliphatic rings. The molecule has 0 atom stereocenters. The number of rotatable bonds is 5. The Morgan fingerprint density at radius 2 is 1.81 bits per heavy atom. The van der Waals surface area contributed by atoms with Gasteiger partial charge in [-0.3, -0.25) is 10.1 Å². The number of benzene rings is 2. The minimum absolute atomic E-state index is 0.198. The first-order valence-electron chi connectivity index (χ1n) is 6.64. The largest absolute Gasteiger partial charge is 0.379 e. The van der Waals surface area contributed by atoms with Gasteiger partial charge in [-0.2, -0.15) is 4.39 Å². The van der Waals surface area contributed by atoms with Crippen molar-refractivity contribution >= 4 is 11.4 Å². The minimum atomic E-state index is -0.831. The van der Waals surface area contributed by atoms with Crippen LogP contribution in [0.15, 0.2) is 48.5 Å². The molecule has 2 rings (SSSR count). The van der Waals surface area contributed by atoms with Gasteiger partial charge in [-0.1, -0.05) is 50.2 Å². The number of nitrogens with one attached hydrogen (secondary N) is 1. The first-order chi connectivity index (χ1) is 9.92. The first-order valence-corrected chi connectivity index (χ1v) is 6.64. The molecular weight excluding hydrogens is 271 g/mol. The monoisotopic (exact) mass is 288 g/mol. The minimum Gasteiger partial charge on any atom is -0.379 e. The number of nitrogens with zero attached hydrogens (tertiary/aromatic N) is 1. The molecule has 2 aromatic rings. The van der Waals surface area contributed by atoms with Crippen LogP contribution < -0.4 is 5.32 Å². The quantitative estimate of drug-likeness (QED) is 0.665. The summed E-state index contributed by atoms with van der Waals surface area (Å²) in [6.07, 6.45) is 0. The second-order valence-electron chi connectivity index (χ2n) is 5.50. The summed E-state index contributed by atoms with van der Waals surface area (Å²) < 4.78 is 13.6. The molecule has 0 spiro atoms. The van der Waals surface area contributed by atoms with Crippen LogP contribution in [0.1, 0.15) is 19.4 Å². The van der Waals surface area contributed by atoms with Gasteiger partial charge in [0.05, 0.1) is 4.92 Å². The van der Waals surface area contributed by atoms with Crippen molar-refractivity contribution in [1.29, 1.82) is 0 Å². The van der Waals surface area contributed by atoms with Crippen LogP contribution in [-0.2, 0) is 5.41 Å². The number of hydrogen-bond donors (Lipinski definition) is 1. The van der Waals surface area contributed by atoms with Crippen LogP contribution in [0.4, 0.5) is 15.8 Å². The highest BCUT2D eigenvalue weighted by Gasteiger charge is 2.24. The molecule has 0 saturated carbocycles. The SMILES string of the molecule is CC(C)(CNc1cccc(F)c1[N+](=O)[O-])c1ccccc1. The first kappa shape index (κ1) is 15.0. The maximum atomic E-state index is 13.6. The Bertz CT molecular complexity index is 642. The van der Waals surface area contributed by atoms with Gasteiger partial charge in [0.15, 0.2) is 0 Å². The van der Waals surface area contributed by atoms with Crippen molar-refractivity contribution in [2.45, 2.75) is 19.3 Å². The lowest BCUT2D eigenvalue weighted by Gasteiger charge is -2.26. The van der Waals surface area contributed by atoms with Gasteiger partial charge in [0.25, 0.3) is 0 Å². The van der Waals surface area contributed by atoms with Crippen molar-refractivity contribution in [2.75, 3.05) is 11.9 Å². The van der Waals surface area contributed by atoms with Crippen molar-refractivity contribution < 1.29 is 9.31 Å². The smallest absolute Gasteiger partial charge is 0.327 e. The summed E-state index contributed by atoms with van der Waals surface area (Å²) in [5.74, 6) is -0.831. The zero-order valence-corrected chi connectivity index (χ0v) is 12.0. The zero-order valence-electron chi connectivity index (χ0n) is 12.0. The second-order valence-corrected chi connectivity index (χ2v) is 5.50. The topological polar surface area (TPSA) is 55.2 Å². The fraction of sp³-hybridized carbons (Fsp3) is 0.250. The Kier molecular flexibility index (Phi) is 4.21. The van der Waals surface area contributed by atoms with E-state index in [1.54, 1.807) is 0 Å². The summed E-state index contributed by atoms with van der Waals surface area (Å²) in [6, 6.07) is 13.9. The highest BCUT2D eigenvalue weighted by Crippen LogP contribution is 2.29. The number of nitro groups is 1. The second kappa shape index (κ2) is 5.91. The van der Waals surface area contributed by atoms with E-state index in [9.17, 15) is 14.5 Å². The zero-order chi connectivity index (χ0) is 15.5. The average Bonchev–Trinajstić information content (AvgIpc) is 2.46. The molecule has 110 valence electrons. The van der Waals surface area contributed by atoms with Gasteiger partial charge in [-0.25, -0.2) is 0 Å². The van der Waals surface area contributed by atoms with Crippen molar-refractivity contribution in [3.8, 4) is 0 Å². The van der Waals surface area contributed by atoms with E-state index in [4.69, 9.17) is 0 Å². The summed E-state index contributed by atoms with van der Waals surface area (Å²) in [6.45, 7) is 4.52. The van der Waals surface area contributed by atoms with E-state index in [-0.39, 0.29) is 11.1 Å². The molecular formula is C16H17FN2O2. The Hall–Kier alpha value is -2.43. The average molecular weight is 288 g/mol. The van der Waals surface area contributed by atoms with Crippen molar-refractivity contribution in [1.82, 2.24) is 0 Å². The van der Waals surface area contributed by atoms with Crippen molar-refractivity contribution in [2.24, 2.45) is 0 Å². The third-order valence-electron chi connectivity index (χ3n) is 3.45. The van der Waals surface area contributed by atoms with Crippen molar-refractivity contribution in [3.05, 3.63) is 70.0 Å². The normalized spacial score (nSPS) is 11.2. The summed E-state index contributed by atoms with van der Waals surface area (Å²) in [5.41, 5.74) is 0.559. The molecule has 0 fully saturated rings. The van der Waals surface area contributed by atoms with E-state index in [0.717, 1.165) is 11.6 Å². The van der Waals surface area contributed by atoms with Gasteiger partial charge in [-0.15, -0.1) is 0 Å². The molecule has 2 aromatic carbocycles. The fourth-order valence-corrected chi connectivity index (χ4v) is 2.15. The number of para-hydroxylation sites is 1. The number of halogens is 1. The molecule has 0 amide bonds. The maximum absolute atomic E-state index is 13.6. The summed E-state index contributed by atoms with van der Waals surface area (Å²) in [4.78, 5) is 10.3. The van der Waals surface area contributed by atoms with Gasteiger partial charge < -0.3 is 5.32 Å². The molecule has 0 heterocycles. The molecule has 0 aliphatic carbocycles. The molecule has 0 aliphatic heterocycles. The molecule has 0 unspecified atom stereocenters. The highest BCUT2D eigenvalue weighted by atomic mass is 19.1. The fourth-order valence-electron chi connectivity index (χ4n) is 2.15. The van der Waals surface area contributed by atoms with Gasteiger partial charge in [0.2, 0.25) is 5.82 Å². The van der Waals surface area contributed by atoms with Crippen LogP contribution in [0.2, 0.25) is 0 Å². The number of nitro benzene ring substituents is 1. The Morgan fingerprint density at radius 1 is 1.14 bits per heavy atom. The predicted molar refractivity (Wildman–Crippen MR) is 81.0 cm³/mol. The number of hydrogen-bond acceptors (Lipinski definition) is 3. The summed E-state index contributed by atoms with van der Waals surface area (Å²) in [5, 5.41) is 14.0. The number of anilines is 1. The van der Waals surface area contributed by atoms with E-state index >= 15 is 0 Å². The third-order valence-corrected chi connectivity index (χ3v) is 3.45. The van der Waals surface area contributed by atoms with E-state index in [2.05, 4.69) is 5.32 Å². The van der Waals surface area contributed by atoms with Crippen LogP contribution in [-0.4, -0.2) is 11.5 Å². The maximum Gasteiger partial charge on any atom is 0.327 e. The van der Waals surface area contributed by atoms with Gasteiger partial charge in [0.1, 0.15) is 5.69 Å². The predicted octanol–water partition coefficient (Wildman–Crippen LogP) is 4.12.